The fourth-order valence-corrected chi connectivity index (χ4v) is 3.64. The lowest BCUT2D eigenvalue weighted by molar-refractivity contribution is -0.149. The first-order valence-electron chi connectivity index (χ1n) is 13.0. The fourth-order valence-electron chi connectivity index (χ4n) is 3.64. The third-order valence-electron chi connectivity index (χ3n) is 5.76. The van der Waals surface area contributed by atoms with Crippen LogP contribution in [0.5, 0.6) is 0 Å². The number of unbranched alkanes of at least 4 members (excludes halogenated alkanes) is 12. The predicted molar refractivity (Wildman–Crippen MR) is 126 cm³/mol. The molecule has 0 saturated carbocycles. The van der Waals surface area contributed by atoms with E-state index in [0.29, 0.717) is 19.6 Å². The van der Waals surface area contributed by atoms with E-state index in [4.69, 9.17) is 9.47 Å². The lowest BCUT2D eigenvalue weighted by Crippen LogP contribution is -2.17. The average Bonchev–Trinajstić information content (AvgIpc) is 2.74. The van der Waals surface area contributed by atoms with Crippen molar-refractivity contribution in [3.05, 3.63) is 0 Å². The Balaban J connectivity index is 3.49. The lowest BCUT2D eigenvalue weighted by atomic mass is 9.98. The van der Waals surface area contributed by atoms with Gasteiger partial charge >= 0.3 is 11.9 Å². The standard InChI is InChI=1S/C26H50O4/c1-4-7-9-18-22-29-25(27)21-17-15-13-11-12-14-16-20-24(6-3)26(28)30-23-19-10-8-5-2/h24H,4-23H2,1-3H3. The van der Waals surface area contributed by atoms with Crippen LogP contribution < -0.4 is 0 Å². The Morgan fingerprint density at radius 1 is 0.600 bits per heavy atom. The largest absolute Gasteiger partial charge is 0.466 e. The maximum atomic E-state index is 12.2. The highest BCUT2D eigenvalue weighted by molar-refractivity contribution is 5.72. The van der Waals surface area contributed by atoms with E-state index in [9.17, 15) is 9.59 Å². The average molecular weight is 427 g/mol. The Bertz CT molecular complexity index is 394. The Kier molecular flexibility index (Phi) is 21.8. The Morgan fingerprint density at radius 3 is 1.67 bits per heavy atom. The normalized spacial score (nSPS) is 12.0. The lowest BCUT2D eigenvalue weighted by Gasteiger charge is -2.14. The maximum absolute atomic E-state index is 12.2. The number of hydrogen-bond acceptors (Lipinski definition) is 4. The molecule has 178 valence electrons. The highest BCUT2D eigenvalue weighted by Crippen LogP contribution is 2.17. The molecule has 0 N–H and O–H groups in total. The van der Waals surface area contributed by atoms with Gasteiger partial charge in [-0.05, 0) is 32.1 Å². The van der Waals surface area contributed by atoms with Gasteiger partial charge in [0.1, 0.15) is 0 Å². The van der Waals surface area contributed by atoms with Crippen LogP contribution in [0.3, 0.4) is 0 Å². The van der Waals surface area contributed by atoms with Gasteiger partial charge in [0.05, 0.1) is 19.1 Å². The molecule has 0 aliphatic carbocycles. The molecule has 1 unspecified atom stereocenters. The second-order valence-corrected chi connectivity index (χ2v) is 8.63. The van der Waals surface area contributed by atoms with Crippen LogP contribution in [0.2, 0.25) is 0 Å². The second kappa shape index (κ2) is 22.6. The van der Waals surface area contributed by atoms with Crippen LogP contribution in [0.25, 0.3) is 0 Å². The van der Waals surface area contributed by atoms with E-state index < -0.39 is 0 Å². The smallest absolute Gasteiger partial charge is 0.308 e. The predicted octanol–water partition coefficient (Wildman–Crippen LogP) is 7.77. The fraction of sp³-hybridized carbons (Fsp3) is 0.923. The first-order valence-corrected chi connectivity index (χ1v) is 13.0. The summed E-state index contributed by atoms with van der Waals surface area (Å²) >= 11 is 0. The van der Waals surface area contributed by atoms with Crippen molar-refractivity contribution in [1.82, 2.24) is 0 Å². The molecule has 4 nitrogen and oxygen atoms in total. The van der Waals surface area contributed by atoms with Crippen molar-refractivity contribution in [1.29, 1.82) is 0 Å². The van der Waals surface area contributed by atoms with Gasteiger partial charge in [0.25, 0.3) is 0 Å². The highest BCUT2D eigenvalue weighted by atomic mass is 16.5. The first-order chi connectivity index (χ1) is 14.7. The van der Waals surface area contributed by atoms with Gasteiger partial charge < -0.3 is 9.47 Å². The molecule has 0 aromatic heterocycles. The van der Waals surface area contributed by atoms with E-state index in [2.05, 4.69) is 20.8 Å². The number of ether oxygens (including phenoxy) is 2. The number of carbonyl (C=O) groups excluding carboxylic acids is 2. The van der Waals surface area contributed by atoms with E-state index in [1.165, 1.54) is 51.4 Å². The summed E-state index contributed by atoms with van der Waals surface area (Å²) in [5.41, 5.74) is 0. The topological polar surface area (TPSA) is 52.6 Å². The molecule has 0 rings (SSSR count). The summed E-state index contributed by atoms with van der Waals surface area (Å²) in [7, 11) is 0. The third-order valence-corrected chi connectivity index (χ3v) is 5.76. The summed E-state index contributed by atoms with van der Waals surface area (Å²) in [6.07, 6.45) is 19.5. The zero-order valence-corrected chi connectivity index (χ0v) is 20.4. The summed E-state index contributed by atoms with van der Waals surface area (Å²) in [6.45, 7) is 7.62. The van der Waals surface area contributed by atoms with E-state index >= 15 is 0 Å². The second-order valence-electron chi connectivity index (χ2n) is 8.63. The summed E-state index contributed by atoms with van der Waals surface area (Å²) < 4.78 is 10.7. The summed E-state index contributed by atoms with van der Waals surface area (Å²) in [5.74, 6) is 0.0461. The zero-order chi connectivity index (χ0) is 22.3. The molecule has 0 spiro atoms. The Labute approximate surface area is 186 Å². The molecular formula is C26H50O4. The molecular weight excluding hydrogens is 376 g/mol. The van der Waals surface area contributed by atoms with E-state index in [0.717, 1.165) is 57.8 Å². The van der Waals surface area contributed by atoms with Gasteiger partial charge in [0.2, 0.25) is 0 Å². The summed E-state index contributed by atoms with van der Waals surface area (Å²) in [5, 5.41) is 0. The van der Waals surface area contributed by atoms with Gasteiger partial charge in [-0.15, -0.1) is 0 Å². The van der Waals surface area contributed by atoms with Crippen molar-refractivity contribution >= 4 is 11.9 Å². The van der Waals surface area contributed by atoms with Gasteiger partial charge in [0.15, 0.2) is 0 Å². The van der Waals surface area contributed by atoms with Crippen molar-refractivity contribution in [2.45, 2.75) is 136 Å². The molecule has 0 fully saturated rings. The van der Waals surface area contributed by atoms with Gasteiger partial charge in [-0.2, -0.15) is 0 Å². The van der Waals surface area contributed by atoms with Crippen molar-refractivity contribution in [3.63, 3.8) is 0 Å². The molecule has 0 saturated heterocycles. The molecule has 0 aromatic rings. The number of carbonyl (C=O) groups is 2. The van der Waals surface area contributed by atoms with Crippen molar-refractivity contribution in [3.8, 4) is 0 Å². The molecule has 0 heterocycles. The highest BCUT2D eigenvalue weighted by Gasteiger charge is 2.17. The SMILES string of the molecule is CCCCCCOC(=O)CCCCCCCCCC(CC)C(=O)OCCCCCC. The van der Waals surface area contributed by atoms with Crippen LogP contribution in [-0.2, 0) is 19.1 Å². The van der Waals surface area contributed by atoms with Crippen LogP contribution in [0, 0.1) is 5.92 Å². The van der Waals surface area contributed by atoms with Gasteiger partial charge in [-0.25, -0.2) is 0 Å². The zero-order valence-electron chi connectivity index (χ0n) is 20.4. The van der Waals surface area contributed by atoms with E-state index in [1.54, 1.807) is 0 Å². The maximum Gasteiger partial charge on any atom is 0.308 e. The molecule has 0 bridgehead atoms. The monoisotopic (exact) mass is 426 g/mol. The van der Waals surface area contributed by atoms with Crippen LogP contribution >= 0.6 is 0 Å². The van der Waals surface area contributed by atoms with Gasteiger partial charge in [-0.1, -0.05) is 97.8 Å². The molecule has 30 heavy (non-hydrogen) atoms. The minimum absolute atomic E-state index is 0.00579. The first kappa shape index (κ1) is 28.9. The van der Waals surface area contributed by atoms with Gasteiger partial charge in [0, 0.05) is 6.42 Å². The Hall–Kier alpha value is -1.06. The van der Waals surface area contributed by atoms with Crippen LogP contribution in [0.1, 0.15) is 136 Å². The molecule has 1 atom stereocenters. The van der Waals surface area contributed by atoms with Crippen LogP contribution in [0.15, 0.2) is 0 Å². The van der Waals surface area contributed by atoms with Crippen molar-refractivity contribution in [2.24, 2.45) is 5.92 Å². The van der Waals surface area contributed by atoms with Crippen molar-refractivity contribution in [2.75, 3.05) is 13.2 Å². The van der Waals surface area contributed by atoms with E-state index in [-0.39, 0.29) is 17.9 Å². The minimum Gasteiger partial charge on any atom is -0.466 e. The molecule has 4 heteroatoms. The van der Waals surface area contributed by atoms with Crippen LogP contribution in [-0.4, -0.2) is 25.2 Å². The third kappa shape index (κ3) is 18.9. The minimum atomic E-state index is -0.0330. The molecule has 0 radical (unpaired) electrons. The van der Waals surface area contributed by atoms with E-state index in [1.807, 2.05) is 0 Å². The van der Waals surface area contributed by atoms with Crippen LogP contribution in [0.4, 0.5) is 0 Å². The Morgan fingerprint density at radius 2 is 1.10 bits per heavy atom. The molecule has 0 aliphatic rings. The molecule has 0 aliphatic heterocycles. The number of hydrogen-bond donors (Lipinski definition) is 0. The quantitative estimate of drug-likeness (QED) is 0.131. The van der Waals surface area contributed by atoms with Crippen molar-refractivity contribution < 1.29 is 19.1 Å². The number of rotatable bonds is 22. The van der Waals surface area contributed by atoms with Gasteiger partial charge in [-0.3, -0.25) is 9.59 Å². The molecule has 0 aromatic carbocycles. The summed E-state index contributed by atoms with van der Waals surface area (Å²) in [6, 6.07) is 0. The molecule has 0 amide bonds. The summed E-state index contributed by atoms with van der Waals surface area (Å²) in [4.78, 5) is 23.8. The number of esters is 2.